The second-order valence-electron chi connectivity index (χ2n) is 3.21. The van der Waals surface area contributed by atoms with E-state index in [1.165, 1.54) is 18.2 Å². The number of hydrogen-bond acceptors (Lipinski definition) is 2. The summed E-state index contributed by atoms with van der Waals surface area (Å²) in [6.45, 7) is 1.76. The first kappa shape index (κ1) is 11.2. The molecule has 0 aromatic heterocycles. The number of benzene rings is 1. The van der Waals surface area contributed by atoms with Crippen molar-refractivity contribution in [2.45, 2.75) is 13.3 Å². The summed E-state index contributed by atoms with van der Waals surface area (Å²) in [5.41, 5.74) is 7.28. The van der Waals surface area contributed by atoms with Gasteiger partial charge in [0.2, 0.25) is 0 Å². The van der Waals surface area contributed by atoms with Gasteiger partial charge in [-0.15, -0.1) is 0 Å². The molecule has 1 aromatic rings. The summed E-state index contributed by atoms with van der Waals surface area (Å²) in [7, 11) is 0. The zero-order valence-electron chi connectivity index (χ0n) is 8.33. The molecule has 0 unspecified atom stereocenters. The van der Waals surface area contributed by atoms with Crippen LogP contribution in [0, 0.1) is 12.7 Å². The molecule has 0 saturated heterocycles. The maximum Gasteiger partial charge on any atom is 0.307 e. The second kappa shape index (κ2) is 4.59. The molecule has 3 N–H and O–H groups in total. The van der Waals surface area contributed by atoms with Crippen LogP contribution < -0.4 is 5.73 Å². The zero-order chi connectivity index (χ0) is 11.4. The smallest absolute Gasteiger partial charge is 0.307 e. The molecule has 0 heterocycles. The highest BCUT2D eigenvalue weighted by molar-refractivity contribution is 5.71. The summed E-state index contributed by atoms with van der Waals surface area (Å²) >= 11 is 0. The van der Waals surface area contributed by atoms with Crippen molar-refractivity contribution in [1.82, 2.24) is 0 Å². The van der Waals surface area contributed by atoms with Crippen LogP contribution in [0.5, 0.6) is 0 Å². The molecule has 3 nitrogen and oxygen atoms in total. The lowest BCUT2D eigenvalue weighted by atomic mass is 10.1. The maximum atomic E-state index is 13.0. The molecule has 80 valence electrons. The highest BCUT2D eigenvalue weighted by atomic mass is 19.1. The van der Waals surface area contributed by atoms with Gasteiger partial charge in [0.1, 0.15) is 5.82 Å². The predicted octanol–water partition coefficient (Wildman–Crippen LogP) is 2.20. The van der Waals surface area contributed by atoms with Gasteiger partial charge in [0.05, 0.1) is 6.42 Å². The van der Waals surface area contributed by atoms with E-state index in [9.17, 15) is 9.18 Å². The van der Waals surface area contributed by atoms with Crippen molar-refractivity contribution in [3.05, 3.63) is 35.2 Å². The van der Waals surface area contributed by atoms with Gasteiger partial charge in [-0.3, -0.25) is 4.79 Å². The monoisotopic (exact) mass is 209 g/mol. The van der Waals surface area contributed by atoms with E-state index in [1.807, 2.05) is 0 Å². The van der Waals surface area contributed by atoms with Gasteiger partial charge in [-0.1, -0.05) is 12.2 Å². The lowest BCUT2D eigenvalue weighted by Crippen LogP contribution is -1.94. The standard InChI is InChI=1S/C11H12FNO2/c1-7-8(3-2-4-11(14)15)5-9(12)6-10(7)13/h2-3,5-6H,4,13H2,1H3,(H,14,15). The van der Waals surface area contributed by atoms with Crippen LogP contribution >= 0.6 is 0 Å². The van der Waals surface area contributed by atoms with Crippen LogP contribution in [-0.4, -0.2) is 11.1 Å². The first-order chi connectivity index (χ1) is 7.00. The van der Waals surface area contributed by atoms with Crippen LogP contribution in [0.3, 0.4) is 0 Å². The number of nitrogens with two attached hydrogens (primary N) is 1. The lowest BCUT2D eigenvalue weighted by molar-refractivity contribution is -0.135. The number of halogens is 1. The van der Waals surface area contributed by atoms with Crippen LogP contribution in [0.1, 0.15) is 17.5 Å². The number of hydrogen-bond donors (Lipinski definition) is 2. The SMILES string of the molecule is Cc1c(N)cc(F)cc1C=CCC(=O)O. The molecule has 0 spiro atoms. The van der Waals surface area contributed by atoms with Gasteiger partial charge in [-0.2, -0.15) is 0 Å². The van der Waals surface area contributed by atoms with Crippen molar-refractivity contribution in [3.8, 4) is 0 Å². The highest BCUT2D eigenvalue weighted by Crippen LogP contribution is 2.19. The Hall–Kier alpha value is -1.84. The van der Waals surface area contributed by atoms with E-state index >= 15 is 0 Å². The second-order valence-corrected chi connectivity index (χ2v) is 3.21. The van der Waals surface area contributed by atoms with Crippen LogP contribution in [0.4, 0.5) is 10.1 Å². The number of carboxylic acids is 1. The lowest BCUT2D eigenvalue weighted by Gasteiger charge is -2.04. The largest absolute Gasteiger partial charge is 0.481 e. The normalized spacial score (nSPS) is 10.8. The van der Waals surface area contributed by atoms with Gasteiger partial charge in [0.15, 0.2) is 0 Å². The third-order valence-electron chi connectivity index (χ3n) is 2.04. The minimum atomic E-state index is -0.923. The van der Waals surface area contributed by atoms with Crippen molar-refractivity contribution < 1.29 is 14.3 Å². The Morgan fingerprint density at radius 3 is 2.87 bits per heavy atom. The minimum Gasteiger partial charge on any atom is -0.481 e. The van der Waals surface area contributed by atoms with E-state index in [-0.39, 0.29) is 6.42 Å². The molecule has 4 heteroatoms. The van der Waals surface area contributed by atoms with E-state index in [0.717, 1.165) is 5.56 Å². The van der Waals surface area contributed by atoms with Crippen molar-refractivity contribution in [3.63, 3.8) is 0 Å². The number of carbonyl (C=O) groups is 1. The number of rotatable bonds is 3. The molecule has 1 rings (SSSR count). The molecule has 0 amide bonds. The Bertz CT molecular complexity index is 413. The Kier molecular flexibility index (Phi) is 3.44. The molecule has 15 heavy (non-hydrogen) atoms. The third-order valence-corrected chi connectivity index (χ3v) is 2.04. The molecule has 0 aliphatic carbocycles. The molecule has 1 aromatic carbocycles. The van der Waals surface area contributed by atoms with E-state index < -0.39 is 11.8 Å². The topological polar surface area (TPSA) is 63.3 Å². The van der Waals surface area contributed by atoms with Crippen molar-refractivity contribution in [2.24, 2.45) is 0 Å². The Labute approximate surface area is 87.0 Å². The molecular formula is C11H12FNO2. The van der Waals surface area contributed by atoms with E-state index in [1.54, 1.807) is 13.0 Å². The van der Waals surface area contributed by atoms with Crippen LogP contribution in [0.15, 0.2) is 18.2 Å². The zero-order valence-corrected chi connectivity index (χ0v) is 8.33. The van der Waals surface area contributed by atoms with Crippen molar-refractivity contribution in [2.75, 3.05) is 5.73 Å². The Morgan fingerprint density at radius 2 is 2.27 bits per heavy atom. The first-order valence-corrected chi connectivity index (χ1v) is 4.44. The first-order valence-electron chi connectivity index (χ1n) is 4.44. The van der Waals surface area contributed by atoms with Gasteiger partial charge in [0, 0.05) is 5.69 Å². The molecule has 0 fully saturated rings. The van der Waals surface area contributed by atoms with Crippen molar-refractivity contribution in [1.29, 1.82) is 0 Å². The fourth-order valence-corrected chi connectivity index (χ4v) is 1.18. The van der Waals surface area contributed by atoms with Gasteiger partial charge < -0.3 is 10.8 Å². The van der Waals surface area contributed by atoms with Gasteiger partial charge >= 0.3 is 5.97 Å². The van der Waals surface area contributed by atoms with Crippen LogP contribution in [-0.2, 0) is 4.79 Å². The molecule has 0 atom stereocenters. The Morgan fingerprint density at radius 1 is 1.60 bits per heavy atom. The molecule has 0 saturated carbocycles. The summed E-state index contributed by atoms with van der Waals surface area (Å²) in [6, 6.07) is 2.56. The predicted molar refractivity (Wildman–Crippen MR) is 56.8 cm³/mol. The minimum absolute atomic E-state index is 0.0874. The van der Waals surface area contributed by atoms with Gasteiger partial charge in [-0.05, 0) is 30.2 Å². The fraction of sp³-hybridized carbons (Fsp3) is 0.182. The average molecular weight is 209 g/mol. The quantitative estimate of drug-likeness (QED) is 0.750. The van der Waals surface area contributed by atoms with Gasteiger partial charge in [-0.25, -0.2) is 4.39 Å². The fourth-order valence-electron chi connectivity index (χ4n) is 1.18. The maximum absolute atomic E-state index is 13.0. The number of anilines is 1. The van der Waals surface area contributed by atoms with Crippen LogP contribution in [0.25, 0.3) is 6.08 Å². The summed E-state index contributed by atoms with van der Waals surface area (Å²) in [5.74, 6) is -1.35. The third kappa shape index (κ3) is 3.09. The van der Waals surface area contributed by atoms with Gasteiger partial charge in [0.25, 0.3) is 0 Å². The van der Waals surface area contributed by atoms with E-state index in [4.69, 9.17) is 10.8 Å². The molecular weight excluding hydrogens is 197 g/mol. The highest BCUT2D eigenvalue weighted by Gasteiger charge is 2.02. The molecule has 0 aliphatic heterocycles. The summed E-state index contributed by atoms with van der Waals surface area (Å²) < 4.78 is 13.0. The number of nitrogen functional groups attached to an aromatic ring is 1. The van der Waals surface area contributed by atoms with Crippen molar-refractivity contribution >= 4 is 17.7 Å². The van der Waals surface area contributed by atoms with Crippen LogP contribution in [0.2, 0.25) is 0 Å². The van der Waals surface area contributed by atoms with E-state index in [0.29, 0.717) is 11.3 Å². The summed E-state index contributed by atoms with van der Waals surface area (Å²) in [5, 5.41) is 8.42. The molecule has 0 radical (unpaired) electrons. The number of aliphatic carboxylic acids is 1. The summed E-state index contributed by atoms with van der Waals surface area (Å²) in [4.78, 5) is 10.3. The Balaban J connectivity index is 2.94. The number of carboxylic acid groups (broad SMARTS) is 1. The van der Waals surface area contributed by atoms with E-state index in [2.05, 4.69) is 0 Å². The molecule has 0 aliphatic rings. The molecule has 0 bridgehead atoms. The summed E-state index contributed by atoms with van der Waals surface area (Å²) in [6.07, 6.45) is 2.93. The average Bonchev–Trinajstić information content (AvgIpc) is 2.12.